The molecule has 5 nitrogen and oxygen atoms in total. The number of fused-ring (bicyclic) bond motifs is 1. The van der Waals surface area contributed by atoms with Crippen molar-refractivity contribution in [2.24, 2.45) is 10.1 Å². The molecule has 0 unspecified atom stereocenters. The number of benzene rings is 2. The number of aryl methyl sites for hydroxylation is 1. The van der Waals surface area contributed by atoms with Gasteiger partial charge in [-0.1, -0.05) is 62.2 Å². The molecule has 1 amide bonds. The largest absolute Gasteiger partial charge is 0.414 e. The Morgan fingerprint density at radius 1 is 1.21 bits per heavy atom. The smallest absolute Gasteiger partial charge is 0.236 e. The van der Waals surface area contributed by atoms with Crippen molar-refractivity contribution in [1.82, 2.24) is 5.43 Å². The lowest BCUT2D eigenvalue weighted by Gasteiger charge is -2.37. The van der Waals surface area contributed by atoms with Crippen molar-refractivity contribution < 1.29 is 9.22 Å². The zero-order valence-electron chi connectivity index (χ0n) is 20.6. The van der Waals surface area contributed by atoms with E-state index < -0.39 is 8.32 Å². The molecule has 0 saturated heterocycles. The van der Waals surface area contributed by atoms with Gasteiger partial charge in [-0.05, 0) is 48.8 Å². The summed E-state index contributed by atoms with van der Waals surface area (Å²) in [5.41, 5.74) is 8.64. The van der Waals surface area contributed by atoms with Gasteiger partial charge in [0.05, 0.1) is 18.0 Å². The van der Waals surface area contributed by atoms with Crippen molar-refractivity contribution >= 4 is 37.2 Å². The molecule has 7 heteroatoms. The molecule has 0 bridgehead atoms. The Balaban J connectivity index is 2.12. The zero-order chi connectivity index (χ0) is 24.4. The summed E-state index contributed by atoms with van der Waals surface area (Å²) in [6, 6.07) is 13.8. The maximum atomic E-state index is 11.6. The Bertz CT molecular complexity index is 1090. The molecule has 3 rings (SSSR count). The first kappa shape index (κ1) is 25.3. The van der Waals surface area contributed by atoms with Crippen LogP contribution in [0.15, 0.2) is 52.6 Å². The topological polar surface area (TPSA) is 63.0 Å². The number of carbonyl (C=O) groups excluding carboxylic acids is 1. The van der Waals surface area contributed by atoms with Crippen LogP contribution < -0.4 is 5.43 Å². The van der Waals surface area contributed by atoms with E-state index in [9.17, 15) is 4.79 Å². The van der Waals surface area contributed by atoms with Gasteiger partial charge >= 0.3 is 0 Å². The van der Waals surface area contributed by atoms with Gasteiger partial charge in [0.25, 0.3) is 0 Å². The molecule has 0 fully saturated rings. The van der Waals surface area contributed by atoms with Gasteiger partial charge < -0.3 is 4.43 Å². The Labute approximate surface area is 203 Å². The minimum atomic E-state index is -2.01. The Kier molecular flexibility index (Phi) is 7.61. The molecule has 1 N–H and O–H groups in total. The van der Waals surface area contributed by atoms with E-state index in [0.29, 0.717) is 18.1 Å². The van der Waals surface area contributed by atoms with E-state index in [0.717, 1.165) is 33.7 Å². The molecule has 2 aromatic rings. The lowest BCUT2D eigenvalue weighted by atomic mass is 9.94. The van der Waals surface area contributed by atoms with E-state index >= 15 is 0 Å². The number of rotatable bonds is 5. The van der Waals surface area contributed by atoms with Crippen LogP contribution in [0.3, 0.4) is 0 Å². The molecule has 0 aliphatic carbocycles. The third-order valence-electron chi connectivity index (χ3n) is 6.44. The molecule has 1 aliphatic heterocycles. The number of carbonyl (C=O) groups is 1. The average Bonchev–Trinajstić information content (AvgIpc) is 2.87. The van der Waals surface area contributed by atoms with Crippen LogP contribution in [0.1, 0.15) is 49.9 Å². The number of nitrogens with zero attached hydrogens (tertiary/aromatic N) is 2. The highest BCUT2D eigenvalue weighted by Gasteiger charge is 2.38. The van der Waals surface area contributed by atoms with Crippen LogP contribution in [-0.4, -0.2) is 38.3 Å². The van der Waals surface area contributed by atoms with E-state index in [-0.39, 0.29) is 17.0 Å². The normalized spacial score (nSPS) is 17.9. The quantitative estimate of drug-likeness (QED) is 0.423. The summed E-state index contributed by atoms with van der Waals surface area (Å²) in [7, 11) is -2.01. The molecule has 0 spiro atoms. The van der Waals surface area contributed by atoms with Gasteiger partial charge in [0, 0.05) is 29.5 Å². The number of hydrogen-bond donors (Lipinski definition) is 1. The lowest BCUT2D eigenvalue weighted by molar-refractivity contribution is -0.118. The fourth-order valence-corrected chi connectivity index (χ4v) is 4.55. The third-order valence-corrected chi connectivity index (χ3v) is 11.2. The standard InChI is InChI=1S/C26H34ClN3O2Si/c1-17-8-9-20-15-23(30-29-18(2)31)24(16-32-33(6,7)26(3,4)5)28-25(22(20)14-17)19-10-12-21(27)13-11-19/h8-14,24H,15-16H2,1-7H3,(H,29,31)/b30-23+/t24-/m0/s1. The SMILES string of the molecule is CC(=O)N/N=C1\Cc2ccc(C)cc2C(c2ccc(Cl)cc2)=N[C@H]1CO[Si](C)(C)C(C)(C)C. The summed E-state index contributed by atoms with van der Waals surface area (Å²) in [6.07, 6.45) is 0.585. The summed E-state index contributed by atoms with van der Waals surface area (Å²) in [5, 5.41) is 5.24. The van der Waals surface area contributed by atoms with Crippen LogP contribution >= 0.6 is 11.6 Å². The van der Waals surface area contributed by atoms with Gasteiger partial charge in [-0.3, -0.25) is 9.79 Å². The predicted molar refractivity (Wildman–Crippen MR) is 140 cm³/mol. The number of hydrogen-bond acceptors (Lipinski definition) is 4. The first-order valence-electron chi connectivity index (χ1n) is 11.3. The fourth-order valence-electron chi connectivity index (χ4n) is 3.42. The highest BCUT2D eigenvalue weighted by Crippen LogP contribution is 2.37. The molecule has 176 valence electrons. The monoisotopic (exact) mass is 483 g/mol. The van der Waals surface area contributed by atoms with Gasteiger partial charge in [0.1, 0.15) is 6.04 Å². The number of halogens is 1. The van der Waals surface area contributed by atoms with Crippen LogP contribution in [0.5, 0.6) is 0 Å². The van der Waals surface area contributed by atoms with Crippen molar-refractivity contribution in [2.75, 3.05) is 6.61 Å². The Hall–Kier alpha value is -2.28. The predicted octanol–water partition coefficient (Wildman–Crippen LogP) is 5.92. The van der Waals surface area contributed by atoms with Gasteiger partial charge in [-0.25, -0.2) is 5.43 Å². The average molecular weight is 484 g/mol. The number of amides is 1. The van der Waals surface area contributed by atoms with E-state index in [1.54, 1.807) is 0 Å². The molecule has 0 aromatic heterocycles. The molecule has 33 heavy (non-hydrogen) atoms. The van der Waals surface area contributed by atoms with E-state index in [4.69, 9.17) is 21.0 Å². The summed E-state index contributed by atoms with van der Waals surface area (Å²) in [4.78, 5) is 16.8. The highest BCUT2D eigenvalue weighted by atomic mass is 35.5. The first-order chi connectivity index (χ1) is 15.4. The lowest BCUT2D eigenvalue weighted by Crippen LogP contribution is -2.43. The molecule has 1 aliphatic rings. The van der Waals surface area contributed by atoms with E-state index in [1.165, 1.54) is 6.92 Å². The molecular weight excluding hydrogens is 450 g/mol. The summed E-state index contributed by atoms with van der Waals surface area (Å²) >= 11 is 6.16. The van der Waals surface area contributed by atoms with Crippen molar-refractivity contribution in [3.63, 3.8) is 0 Å². The van der Waals surface area contributed by atoms with Crippen molar-refractivity contribution in [2.45, 2.75) is 65.2 Å². The second-order valence-electron chi connectivity index (χ2n) is 10.2. The van der Waals surface area contributed by atoms with E-state index in [2.05, 4.69) is 69.5 Å². The Morgan fingerprint density at radius 2 is 1.88 bits per heavy atom. The Morgan fingerprint density at radius 3 is 2.48 bits per heavy atom. The van der Waals surface area contributed by atoms with Crippen LogP contribution in [0.4, 0.5) is 0 Å². The second kappa shape index (κ2) is 9.91. The van der Waals surface area contributed by atoms with E-state index in [1.807, 2.05) is 24.3 Å². The van der Waals surface area contributed by atoms with Crippen LogP contribution in [0.25, 0.3) is 0 Å². The number of hydrazone groups is 1. The third kappa shape index (κ3) is 6.19. The van der Waals surface area contributed by atoms with Crippen LogP contribution in [-0.2, 0) is 15.6 Å². The summed E-state index contributed by atoms with van der Waals surface area (Å²) in [6.45, 7) is 15.1. The fraction of sp³-hybridized carbons (Fsp3) is 0.423. The van der Waals surface area contributed by atoms with Gasteiger partial charge in [0.2, 0.25) is 5.91 Å². The molecule has 0 saturated carbocycles. The van der Waals surface area contributed by atoms with Crippen LogP contribution in [0.2, 0.25) is 23.2 Å². The van der Waals surface area contributed by atoms with Gasteiger partial charge in [-0.15, -0.1) is 0 Å². The molecule has 0 radical (unpaired) electrons. The first-order valence-corrected chi connectivity index (χ1v) is 14.6. The van der Waals surface area contributed by atoms with Crippen molar-refractivity contribution in [1.29, 1.82) is 0 Å². The molecule has 1 heterocycles. The summed E-state index contributed by atoms with van der Waals surface area (Å²) < 4.78 is 6.57. The number of nitrogens with one attached hydrogen (secondary N) is 1. The van der Waals surface area contributed by atoms with Gasteiger partial charge in [0.15, 0.2) is 8.32 Å². The number of aliphatic imine (C=N–C) groups is 1. The molecular formula is C26H34ClN3O2Si. The van der Waals surface area contributed by atoms with Crippen LogP contribution in [0, 0.1) is 6.92 Å². The second-order valence-corrected chi connectivity index (χ2v) is 15.4. The zero-order valence-corrected chi connectivity index (χ0v) is 22.4. The molecule has 2 aromatic carbocycles. The minimum absolute atomic E-state index is 0.0788. The van der Waals surface area contributed by atoms with Crippen molar-refractivity contribution in [3.05, 3.63) is 69.7 Å². The van der Waals surface area contributed by atoms with Gasteiger partial charge in [-0.2, -0.15) is 5.10 Å². The summed E-state index contributed by atoms with van der Waals surface area (Å²) in [5.74, 6) is -0.207. The maximum absolute atomic E-state index is 11.6. The highest BCUT2D eigenvalue weighted by molar-refractivity contribution is 6.74. The molecule has 1 atom stereocenters. The minimum Gasteiger partial charge on any atom is -0.414 e. The van der Waals surface area contributed by atoms with Crippen molar-refractivity contribution in [3.8, 4) is 0 Å². The maximum Gasteiger partial charge on any atom is 0.236 e.